The molecule has 3 N–H and O–H groups in total. The first-order valence-corrected chi connectivity index (χ1v) is 9.21. The second kappa shape index (κ2) is 8.47. The summed E-state index contributed by atoms with van der Waals surface area (Å²) >= 11 is 3.44. The third-order valence-corrected chi connectivity index (χ3v) is 4.70. The quantitative estimate of drug-likeness (QED) is 0.693. The van der Waals surface area contributed by atoms with E-state index in [1.807, 2.05) is 43.3 Å². The van der Waals surface area contributed by atoms with Gasteiger partial charge in [-0.3, -0.25) is 4.79 Å². The van der Waals surface area contributed by atoms with Gasteiger partial charge in [-0.05, 0) is 48.7 Å². The van der Waals surface area contributed by atoms with Crippen molar-refractivity contribution in [3.63, 3.8) is 0 Å². The minimum absolute atomic E-state index is 0.00563. The van der Waals surface area contributed by atoms with Gasteiger partial charge in [-0.1, -0.05) is 40.2 Å². The van der Waals surface area contributed by atoms with Gasteiger partial charge in [-0.25, -0.2) is 10.9 Å². The normalized spacial score (nSPS) is 19.6. The SMILES string of the molecule is CCOc1cccc(CNC(=O)C2CC(c3ccc(Br)cc3)NN2)c1. The van der Waals surface area contributed by atoms with E-state index < -0.39 is 0 Å². The Balaban J connectivity index is 1.52. The molecule has 132 valence electrons. The zero-order valence-corrected chi connectivity index (χ0v) is 15.7. The largest absolute Gasteiger partial charge is 0.494 e. The highest BCUT2D eigenvalue weighted by molar-refractivity contribution is 9.10. The van der Waals surface area contributed by atoms with Gasteiger partial charge >= 0.3 is 0 Å². The van der Waals surface area contributed by atoms with Crippen molar-refractivity contribution in [1.82, 2.24) is 16.2 Å². The fourth-order valence-corrected chi connectivity index (χ4v) is 3.13. The van der Waals surface area contributed by atoms with Crippen molar-refractivity contribution in [1.29, 1.82) is 0 Å². The van der Waals surface area contributed by atoms with Crippen LogP contribution in [0.15, 0.2) is 53.0 Å². The Labute approximate surface area is 156 Å². The lowest BCUT2D eigenvalue weighted by Gasteiger charge is -2.12. The first-order valence-electron chi connectivity index (χ1n) is 8.41. The standard InChI is InChI=1S/C19H22BrN3O2/c1-2-25-16-5-3-4-13(10-16)12-21-19(24)18-11-17(22-23-18)14-6-8-15(20)9-7-14/h3-10,17-18,22-23H,2,11-12H2,1H3,(H,21,24). The van der Waals surface area contributed by atoms with Gasteiger partial charge in [0.15, 0.2) is 0 Å². The number of halogens is 1. The van der Waals surface area contributed by atoms with Crippen molar-refractivity contribution in [2.45, 2.75) is 32.0 Å². The number of nitrogens with one attached hydrogen (secondary N) is 3. The summed E-state index contributed by atoms with van der Waals surface area (Å²) in [6.45, 7) is 3.07. The molecule has 3 rings (SSSR count). The van der Waals surface area contributed by atoms with Crippen LogP contribution in [0.4, 0.5) is 0 Å². The number of carbonyl (C=O) groups is 1. The third-order valence-electron chi connectivity index (χ3n) is 4.17. The second-order valence-corrected chi connectivity index (χ2v) is 6.89. The van der Waals surface area contributed by atoms with Crippen LogP contribution in [0.2, 0.25) is 0 Å². The van der Waals surface area contributed by atoms with Crippen LogP contribution in [0.1, 0.15) is 30.5 Å². The van der Waals surface area contributed by atoms with Crippen molar-refractivity contribution < 1.29 is 9.53 Å². The number of hydrogen-bond acceptors (Lipinski definition) is 4. The molecule has 0 saturated carbocycles. The molecule has 1 aliphatic heterocycles. The van der Waals surface area contributed by atoms with Crippen LogP contribution in [0.3, 0.4) is 0 Å². The maximum Gasteiger partial charge on any atom is 0.238 e. The molecule has 1 fully saturated rings. The van der Waals surface area contributed by atoms with E-state index in [0.717, 1.165) is 21.3 Å². The summed E-state index contributed by atoms with van der Waals surface area (Å²) in [4.78, 5) is 12.4. The van der Waals surface area contributed by atoms with E-state index in [4.69, 9.17) is 4.74 Å². The summed E-state index contributed by atoms with van der Waals surface area (Å²) in [7, 11) is 0. The number of hydrogen-bond donors (Lipinski definition) is 3. The molecule has 5 nitrogen and oxygen atoms in total. The average Bonchev–Trinajstić information content (AvgIpc) is 3.11. The molecule has 0 spiro atoms. The van der Waals surface area contributed by atoms with Crippen LogP contribution in [-0.4, -0.2) is 18.6 Å². The molecule has 1 aliphatic rings. The molecule has 25 heavy (non-hydrogen) atoms. The zero-order valence-electron chi connectivity index (χ0n) is 14.1. The minimum atomic E-state index is -0.247. The lowest BCUT2D eigenvalue weighted by Crippen LogP contribution is -2.42. The van der Waals surface area contributed by atoms with Gasteiger partial charge in [0, 0.05) is 17.1 Å². The van der Waals surface area contributed by atoms with Gasteiger partial charge in [-0.2, -0.15) is 0 Å². The predicted octanol–water partition coefficient (Wildman–Crippen LogP) is 3.07. The summed E-state index contributed by atoms with van der Waals surface area (Å²) < 4.78 is 6.53. The molecule has 0 aliphatic carbocycles. The monoisotopic (exact) mass is 403 g/mol. The zero-order chi connectivity index (χ0) is 17.6. The maximum atomic E-state index is 12.4. The summed E-state index contributed by atoms with van der Waals surface area (Å²) in [5.41, 5.74) is 8.48. The van der Waals surface area contributed by atoms with Crippen LogP contribution in [-0.2, 0) is 11.3 Å². The predicted molar refractivity (Wildman–Crippen MR) is 101 cm³/mol. The summed E-state index contributed by atoms with van der Waals surface area (Å²) in [6.07, 6.45) is 0.715. The van der Waals surface area contributed by atoms with Gasteiger partial charge in [-0.15, -0.1) is 0 Å². The van der Waals surface area contributed by atoms with Crippen LogP contribution in [0, 0.1) is 0 Å². The fourth-order valence-electron chi connectivity index (χ4n) is 2.87. The molecule has 6 heteroatoms. The lowest BCUT2D eigenvalue weighted by molar-refractivity contribution is -0.123. The van der Waals surface area contributed by atoms with Gasteiger partial charge in [0.1, 0.15) is 11.8 Å². The third kappa shape index (κ3) is 4.81. The molecule has 2 aromatic carbocycles. The minimum Gasteiger partial charge on any atom is -0.494 e. The number of ether oxygens (including phenoxy) is 1. The lowest BCUT2D eigenvalue weighted by atomic mass is 10.0. The van der Waals surface area contributed by atoms with Crippen molar-refractivity contribution in [2.75, 3.05) is 6.61 Å². The molecule has 1 amide bonds. The molecule has 2 aromatic rings. The van der Waals surface area contributed by atoms with Gasteiger partial charge in [0.2, 0.25) is 5.91 Å². The molecule has 0 bridgehead atoms. The molecular formula is C19H22BrN3O2. The van der Waals surface area contributed by atoms with Crippen LogP contribution >= 0.6 is 15.9 Å². The highest BCUT2D eigenvalue weighted by Crippen LogP contribution is 2.24. The number of benzene rings is 2. The first-order chi connectivity index (χ1) is 12.2. The van der Waals surface area contributed by atoms with Crippen LogP contribution in [0.25, 0.3) is 0 Å². The summed E-state index contributed by atoms with van der Waals surface area (Å²) in [5, 5.41) is 2.99. The molecule has 0 radical (unpaired) electrons. The van der Waals surface area contributed by atoms with E-state index in [1.165, 1.54) is 0 Å². The van der Waals surface area contributed by atoms with Crippen molar-refractivity contribution >= 4 is 21.8 Å². The van der Waals surface area contributed by atoms with Gasteiger partial charge < -0.3 is 10.1 Å². The average molecular weight is 404 g/mol. The van der Waals surface area contributed by atoms with Crippen LogP contribution in [0.5, 0.6) is 5.75 Å². The number of carbonyl (C=O) groups excluding carboxylic acids is 1. The van der Waals surface area contributed by atoms with Crippen molar-refractivity contribution in [3.05, 3.63) is 64.1 Å². The van der Waals surface area contributed by atoms with E-state index in [-0.39, 0.29) is 18.0 Å². The Bertz CT molecular complexity index is 721. The Morgan fingerprint density at radius 3 is 2.80 bits per heavy atom. The number of amides is 1. The van der Waals surface area contributed by atoms with E-state index in [0.29, 0.717) is 19.6 Å². The number of rotatable bonds is 6. The maximum absolute atomic E-state index is 12.4. The summed E-state index contributed by atoms with van der Waals surface area (Å²) in [5.74, 6) is 0.819. The second-order valence-electron chi connectivity index (χ2n) is 5.98. The van der Waals surface area contributed by atoms with E-state index in [1.54, 1.807) is 0 Å². The molecular weight excluding hydrogens is 382 g/mol. The highest BCUT2D eigenvalue weighted by Gasteiger charge is 2.29. The fraction of sp³-hybridized carbons (Fsp3) is 0.316. The molecule has 1 saturated heterocycles. The van der Waals surface area contributed by atoms with Gasteiger partial charge in [0.05, 0.1) is 6.61 Å². The van der Waals surface area contributed by atoms with E-state index in [2.05, 4.69) is 44.2 Å². The molecule has 0 aromatic heterocycles. The topological polar surface area (TPSA) is 62.4 Å². The van der Waals surface area contributed by atoms with Crippen molar-refractivity contribution in [3.8, 4) is 5.75 Å². The first kappa shape index (κ1) is 17.9. The smallest absolute Gasteiger partial charge is 0.238 e. The van der Waals surface area contributed by atoms with Gasteiger partial charge in [0.25, 0.3) is 0 Å². The van der Waals surface area contributed by atoms with Crippen molar-refractivity contribution in [2.24, 2.45) is 0 Å². The number of hydrazine groups is 1. The van der Waals surface area contributed by atoms with E-state index >= 15 is 0 Å². The van der Waals surface area contributed by atoms with E-state index in [9.17, 15) is 4.79 Å². The Hall–Kier alpha value is -1.89. The Morgan fingerprint density at radius 2 is 2.04 bits per heavy atom. The van der Waals surface area contributed by atoms with Crippen LogP contribution < -0.4 is 20.9 Å². The highest BCUT2D eigenvalue weighted by atomic mass is 79.9. The summed E-state index contributed by atoms with van der Waals surface area (Å²) in [6, 6.07) is 15.8. The molecule has 2 atom stereocenters. The Kier molecular flexibility index (Phi) is 6.07. The molecule has 2 unspecified atom stereocenters. The Morgan fingerprint density at radius 1 is 1.24 bits per heavy atom. The molecule has 1 heterocycles.